The summed E-state index contributed by atoms with van der Waals surface area (Å²) in [5.41, 5.74) is 1.43. The Balaban J connectivity index is 2.34. The summed E-state index contributed by atoms with van der Waals surface area (Å²) >= 11 is 0. The second kappa shape index (κ2) is 7.24. The molecule has 0 aliphatic carbocycles. The van der Waals surface area contributed by atoms with Crippen LogP contribution in [0.25, 0.3) is 0 Å². The van der Waals surface area contributed by atoms with Crippen molar-refractivity contribution in [3.8, 4) is 0 Å². The van der Waals surface area contributed by atoms with Crippen LogP contribution in [0.3, 0.4) is 0 Å². The van der Waals surface area contributed by atoms with Crippen LogP contribution in [0, 0.1) is 6.92 Å². The highest BCUT2D eigenvalue weighted by atomic mass is 32.2. The van der Waals surface area contributed by atoms with E-state index in [2.05, 4.69) is 4.99 Å². The molecule has 0 bridgehead atoms. The average molecular weight is 323 g/mol. The van der Waals surface area contributed by atoms with Crippen molar-refractivity contribution in [2.24, 2.45) is 4.99 Å². The molecule has 1 aliphatic rings. The van der Waals surface area contributed by atoms with Gasteiger partial charge in [0.2, 0.25) is 10.0 Å². The molecule has 0 aromatic heterocycles. The molecule has 2 rings (SSSR count). The summed E-state index contributed by atoms with van der Waals surface area (Å²) in [6, 6.07) is 5.35. The zero-order chi connectivity index (χ0) is 16.2. The highest BCUT2D eigenvalue weighted by Crippen LogP contribution is 2.26. The number of hydrogen-bond acceptors (Lipinski definition) is 3. The minimum atomic E-state index is -3.43. The largest absolute Gasteiger partial charge is 0.369 e. The van der Waals surface area contributed by atoms with E-state index in [4.69, 9.17) is 0 Å². The number of nitrogens with zero attached hydrogens (tertiary/aromatic N) is 3. The summed E-state index contributed by atoms with van der Waals surface area (Å²) in [5, 5.41) is 0. The second-order valence-electron chi connectivity index (χ2n) is 5.98. The number of benzene rings is 1. The smallest absolute Gasteiger partial charge is 0.243 e. The maximum atomic E-state index is 12.9. The van der Waals surface area contributed by atoms with Crippen LogP contribution in [0.5, 0.6) is 0 Å². The van der Waals surface area contributed by atoms with Gasteiger partial charge in [-0.3, -0.25) is 0 Å². The van der Waals surface area contributed by atoms with Crippen LogP contribution < -0.4 is 0 Å². The minimum absolute atomic E-state index is 0.378. The first-order valence-electron chi connectivity index (χ1n) is 7.72. The standard InChI is InChI=1S/C16H25N3O2S/c1-14-8-9-15(17-13-18(2)3)12-16(14)22(20,21)19-10-6-4-5-7-11-19/h8-9,12-13H,4-7,10-11H2,1-3H3. The topological polar surface area (TPSA) is 53.0 Å². The zero-order valence-corrected chi connectivity index (χ0v) is 14.4. The first kappa shape index (κ1) is 17.0. The van der Waals surface area contributed by atoms with Crippen molar-refractivity contribution >= 4 is 22.0 Å². The summed E-state index contributed by atoms with van der Waals surface area (Å²) in [4.78, 5) is 6.50. The number of aliphatic imine (C=N–C) groups is 1. The van der Waals surface area contributed by atoms with E-state index in [1.165, 1.54) is 0 Å². The van der Waals surface area contributed by atoms with Crippen molar-refractivity contribution in [3.05, 3.63) is 23.8 Å². The molecule has 0 unspecified atom stereocenters. The van der Waals surface area contributed by atoms with Crippen LogP contribution in [0.1, 0.15) is 31.2 Å². The third-order valence-corrected chi connectivity index (χ3v) is 5.83. The summed E-state index contributed by atoms with van der Waals surface area (Å²) < 4.78 is 27.5. The van der Waals surface area contributed by atoms with E-state index in [9.17, 15) is 8.42 Å². The molecule has 1 aliphatic heterocycles. The van der Waals surface area contributed by atoms with Crippen molar-refractivity contribution < 1.29 is 8.42 Å². The van der Waals surface area contributed by atoms with Gasteiger partial charge in [-0.2, -0.15) is 4.31 Å². The summed E-state index contributed by atoms with van der Waals surface area (Å²) in [7, 11) is 0.332. The minimum Gasteiger partial charge on any atom is -0.369 e. The molecule has 1 saturated heterocycles. The highest BCUT2D eigenvalue weighted by molar-refractivity contribution is 7.89. The molecule has 5 nitrogen and oxygen atoms in total. The van der Waals surface area contributed by atoms with Gasteiger partial charge in [-0.25, -0.2) is 13.4 Å². The van der Waals surface area contributed by atoms with Gasteiger partial charge in [0, 0.05) is 27.2 Å². The lowest BCUT2D eigenvalue weighted by Crippen LogP contribution is -2.32. The van der Waals surface area contributed by atoms with Gasteiger partial charge >= 0.3 is 0 Å². The van der Waals surface area contributed by atoms with Gasteiger partial charge in [0.05, 0.1) is 16.9 Å². The quantitative estimate of drug-likeness (QED) is 0.632. The van der Waals surface area contributed by atoms with Gasteiger partial charge < -0.3 is 4.90 Å². The fourth-order valence-electron chi connectivity index (χ4n) is 2.55. The summed E-state index contributed by atoms with van der Waals surface area (Å²) in [6.07, 6.45) is 5.77. The van der Waals surface area contributed by atoms with Gasteiger partial charge in [-0.1, -0.05) is 18.9 Å². The SMILES string of the molecule is Cc1ccc(N=CN(C)C)cc1S(=O)(=O)N1CCCCCC1. The fourth-order valence-corrected chi connectivity index (χ4v) is 4.31. The lowest BCUT2D eigenvalue weighted by molar-refractivity contribution is 0.423. The maximum absolute atomic E-state index is 12.9. The van der Waals surface area contributed by atoms with Crippen molar-refractivity contribution in [3.63, 3.8) is 0 Å². The first-order valence-corrected chi connectivity index (χ1v) is 9.17. The summed E-state index contributed by atoms with van der Waals surface area (Å²) in [6.45, 7) is 3.07. The van der Waals surface area contributed by atoms with E-state index in [-0.39, 0.29) is 0 Å². The average Bonchev–Trinajstić information content (AvgIpc) is 2.75. The van der Waals surface area contributed by atoms with E-state index < -0.39 is 10.0 Å². The summed E-state index contributed by atoms with van der Waals surface area (Å²) in [5.74, 6) is 0. The maximum Gasteiger partial charge on any atom is 0.243 e. The molecular formula is C16H25N3O2S. The third kappa shape index (κ3) is 4.08. The van der Waals surface area contributed by atoms with Crippen molar-refractivity contribution in [1.29, 1.82) is 0 Å². The Morgan fingerprint density at radius 1 is 1.14 bits per heavy atom. The van der Waals surface area contributed by atoms with Gasteiger partial charge in [-0.05, 0) is 37.5 Å². The molecule has 122 valence electrons. The van der Waals surface area contributed by atoms with Gasteiger partial charge in [0.15, 0.2) is 0 Å². The lowest BCUT2D eigenvalue weighted by atomic mass is 10.2. The molecular weight excluding hydrogens is 298 g/mol. The zero-order valence-electron chi connectivity index (χ0n) is 13.6. The lowest BCUT2D eigenvalue weighted by Gasteiger charge is -2.21. The Morgan fingerprint density at radius 2 is 1.77 bits per heavy atom. The molecule has 1 fully saturated rings. The normalized spacial score (nSPS) is 17.6. The molecule has 0 radical (unpaired) electrons. The Kier molecular flexibility index (Phi) is 5.58. The molecule has 22 heavy (non-hydrogen) atoms. The van der Waals surface area contributed by atoms with Gasteiger partial charge in [-0.15, -0.1) is 0 Å². The third-order valence-electron chi connectivity index (χ3n) is 3.79. The fraction of sp³-hybridized carbons (Fsp3) is 0.562. The second-order valence-corrected chi connectivity index (χ2v) is 7.88. The first-order chi connectivity index (χ1) is 10.4. The van der Waals surface area contributed by atoms with E-state index in [1.54, 1.807) is 16.7 Å². The molecule has 1 heterocycles. The number of rotatable bonds is 4. The molecule has 0 N–H and O–H groups in total. The van der Waals surface area contributed by atoms with Crippen molar-refractivity contribution in [2.45, 2.75) is 37.5 Å². The molecule has 0 saturated carbocycles. The van der Waals surface area contributed by atoms with Crippen LogP contribution in [-0.4, -0.2) is 51.1 Å². The number of sulfonamides is 1. The Morgan fingerprint density at radius 3 is 2.36 bits per heavy atom. The molecule has 1 aromatic rings. The van der Waals surface area contributed by atoms with E-state index in [0.29, 0.717) is 23.7 Å². The van der Waals surface area contributed by atoms with Crippen molar-refractivity contribution in [1.82, 2.24) is 9.21 Å². The van der Waals surface area contributed by atoms with Crippen LogP contribution in [0.2, 0.25) is 0 Å². The Labute approximate surface area is 133 Å². The van der Waals surface area contributed by atoms with Crippen molar-refractivity contribution in [2.75, 3.05) is 27.2 Å². The van der Waals surface area contributed by atoms with Gasteiger partial charge in [0.1, 0.15) is 0 Å². The molecule has 1 aromatic carbocycles. The predicted molar refractivity (Wildman–Crippen MR) is 90.2 cm³/mol. The monoisotopic (exact) mass is 323 g/mol. The van der Waals surface area contributed by atoms with E-state index in [1.807, 2.05) is 38.1 Å². The molecule has 0 amide bonds. The van der Waals surface area contributed by atoms with Crippen LogP contribution in [0.15, 0.2) is 28.1 Å². The number of hydrogen-bond donors (Lipinski definition) is 0. The Hall–Kier alpha value is -1.40. The highest BCUT2D eigenvalue weighted by Gasteiger charge is 2.26. The molecule has 6 heteroatoms. The molecule has 0 spiro atoms. The predicted octanol–water partition coefficient (Wildman–Crippen LogP) is 2.78. The van der Waals surface area contributed by atoms with Gasteiger partial charge in [0.25, 0.3) is 0 Å². The molecule has 0 atom stereocenters. The number of aryl methyl sites for hydroxylation is 1. The van der Waals surface area contributed by atoms with E-state index >= 15 is 0 Å². The van der Waals surface area contributed by atoms with Crippen LogP contribution in [0.4, 0.5) is 5.69 Å². The van der Waals surface area contributed by atoms with Crippen LogP contribution in [-0.2, 0) is 10.0 Å². The Bertz CT molecular complexity index is 631. The van der Waals surface area contributed by atoms with Crippen LogP contribution >= 0.6 is 0 Å². The van der Waals surface area contributed by atoms with E-state index in [0.717, 1.165) is 31.2 Å².